The zero-order valence-electron chi connectivity index (χ0n) is 13.8. The van der Waals surface area contributed by atoms with E-state index in [0.29, 0.717) is 35.9 Å². The largest absolute Gasteiger partial charge is 0.467 e. The number of hydrogen-bond acceptors (Lipinski definition) is 6. The molecule has 0 atom stereocenters. The van der Waals surface area contributed by atoms with Crippen molar-refractivity contribution < 1.29 is 9.21 Å². The summed E-state index contributed by atoms with van der Waals surface area (Å²) >= 11 is 0. The topological polar surface area (TPSA) is 109 Å². The highest BCUT2D eigenvalue weighted by Crippen LogP contribution is 2.16. The van der Waals surface area contributed by atoms with Crippen molar-refractivity contribution in [2.45, 2.75) is 13.1 Å². The van der Waals surface area contributed by atoms with E-state index in [1.165, 1.54) is 6.33 Å². The lowest BCUT2D eigenvalue weighted by Crippen LogP contribution is -2.22. The smallest absolute Gasteiger partial charge is 0.251 e. The van der Waals surface area contributed by atoms with Gasteiger partial charge in [-0.05, 0) is 29.8 Å². The van der Waals surface area contributed by atoms with Gasteiger partial charge in [0.1, 0.15) is 17.6 Å². The number of nitrogens with zero attached hydrogens (tertiary/aromatic N) is 3. The van der Waals surface area contributed by atoms with Gasteiger partial charge in [0.15, 0.2) is 11.5 Å². The molecule has 8 heteroatoms. The van der Waals surface area contributed by atoms with E-state index in [9.17, 15) is 4.79 Å². The fourth-order valence-corrected chi connectivity index (χ4v) is 2.59. The summed E-state index contributed by atoms with van der Waals surface area (Å²) in [5.74, 6) is 1.23. The SMILES string of the molecule is O=C(NCc1ccco1)c1cccc(CNc2ncnc3nc[nH]c23)c1. The van der Waals surface area contributed by atoms with E-state index in [-0.39, 0.29) is 5.91 Å². The highest BCUT2D eigenvalue weighted by atomic mass is 16.3. The van der Waals surface area contributed by atoms with Gasteiger partial charge in [-0.3, -0.25) is 4.79 Å². The molecule has 0 radical (unpaired) electrons. The molecule has 0 aliphatic heterocycles. The molecule has 0 saturated carbocycles. The average Bonchev–Trinajstić information content (AvgIpc) is 3.36. The Morgan fingerprint density at radius 2 is 2.08 bits per heavy atom. The molecule has 4 rings (SSSR count). The number of hydrogen-bond donors (Lipinski definition) is 3. The van der Waals surface area contributed by atoms with Gasteiger partial charge >= 0.3 is 0 Å². The van der Waals surface area contributed by atoms with Crippen LogP contribution < -0.4 is 10.6 Å². The Balaban J connectivity index is 1.42. The lowest BCUT2D eigenvalue weighted by molar-refractivity contribution is 0.0948. The summed E-state index contributed by atoms with van der Waals surface area (Å²) in [6.45, 7) is 0.873. The Morgan fingerprint density at radius 1 is 1.12 bits per heavy atom. The molecule has 0 spiro atoms. The average molecular weight is 348 g/mol. The summed E-state index contributed by atoms with van der Waals surface area (Å²) in [6, 6.07) is 11.0. The molecule has 1 aromatic carbocycles. The number of carbonyl (C=O) groups is 1. The number of aromatic nitrogens is 4. The maximum absolute atomic E-state index is 12.3. The van der Waals surface area contributed by atoms with Gasteiger partial charge in [0.05, 0.1) is 19.1 Å². The zero-order chi connectivity index (χ0) is 17.8. The summed E-state index contributed by atoms with van der Waals surface area (Å²) < 4.78 is 5.21. The Bertz CT molecular complexity index is 1030. The van der Waals surface area contributed by atoms with Crippen molar-refractivity contribution in [3.8, 4) is 0 Å². The summed E-state index contributed by atoms with van der Waals surface area (Å²) in [5, 5.41) is 6.08. The summed E-state index contributed by atoms with van der Waals surface area (Å²) in [4.78, 5) is 27.7. The first-order valence-corrected chi connectivity index (χ1v) is 8.07. The van der Waals surface area contributed by atoms with E-state index >= 15 is 0 Å². The van der Waals surface area contributed by atoms with Crippen LogP contribution in [0, 0.1) is 0 Å². The minimum atomic E-state index is -0.152. The van der Waals surface area contributed by atoms with Crippen LogP contribution in [0.15, 0.2) is 59.7 Å². The molecule has 0 bridgehead atoms. The summed E-state index contributed by atoms with van der Waals surface area (Å²) in [7, 11) is 0. The molecule has 130 valence electrons. The van der Waals surface area contributed by atoms with Crippen molar-refractivity contribution in [2.75, 3.05) is 5.32 Å². The number of carbonyl (C=O) groups excluding carboxylic acids is 1. The van der Waals surface area contributed by atoms with Crippen LogP contribution in [0.5, 0.6) is 0 Å². The third-order valence-electron chi connectivity index (χ3n) is 3.88. The van der Waals surface area contributed by atoms with Gasteiger partial charge < -0.3 is 20.0 Å². The van der Waals surface area contributed by atoms with Crippen LogP contribution in [-0.2, 0) is 13.1 Å². The molecule has 26 heavy (non-hydrogen) atoms. The van der Waals surface area contributed by atoms with Gasteiger partial charge in [-0.15, -0.1) is 0 Å². The normalized spacial score (nSPS) is 10.8. The fraction of sp³-hybridized carbons (Fsp3) is 0.111. The monoisotopic (exact) mass is 348 g/mol. The number of benzene rings is 1. The van der Waals surface area contributed by atoms with Crippen LogP contribution in [0.1, 0.15) is 21.7 Å². The summed E-state index contributed by atoms with van der Waals surface area (Å²) in [6.07, 6.45) is 4.62. The molecule has 8 nitrogen and oxygen atoms in total. The van der Waals surface area contributed by atoms with Crippen LogP contribution in [0.25, 0.3) is 11.2 Å². The van der Waals surface area contributed by atoms with Gasteiger partial charge in [0.25, 0.3) is 5.91 Å². The van der Waals surface area contributed by atoms with E-state index < -0.39 is 0 Å². The van der Waals surface area contributed by atoms with Crippen LogP contribution >= 0.6 is 0 Å². The van der Waals surface area contributed by atoms with Gasteiger partial charge in [-0.2, -0.15) is 0 Å². The van der Waals surface area contributed by atoms with Crippen molar-refractivity contribution in [3.05, 3.63) is 72.2 Å². The quantitative estimate of drug-likeness (QED) is 0.494. The maximum Gasteiger partial charge on any atom is 0.251 e. The Labute approximate surface area is 148 Å². The van der Waals surface area contributed by atoms with Crippen molar-refractivity contribution >= 4 is 22.9 Å². The Kier molecular flexibility index (Phi) is 4.29. The number of imidazole rings is 1. The predicted molar refractivity (Wildman–Crippen MR) is 95.3 cm³/mol. The van der Waals surface area contributed by atoms with Crippen LogP contribution in [0.2, 0.25) is 0 Å². The minimum absolute atomic E-state index is 0.152. The van der Waals surface area contributed by atoms with E-state index in [2.05, 4.69) is 30.6 Å². The van der Waals surface area contributed by atoms with Crippen LogP contribution in [0.3, 0.4) is 0 Å². The molecule has 3 N–H and O–H groups in total. The number of aromatic amines is 1. The molecule has 0 aliphatic rings. The zero-order valence-corrected chi connectivity index (χ0v) is 13.8. The first-order valence-electron chi connectivity index (χ1n) is 8.07. The number of H-pyrrole nitrogens is 1. The molecule has 0 saturated heterocycles. The number of fused-ring (bicyclic) bond motifs is 1. The molecule has 0 aliphatic carbocycles. The van der Waals surface area contributed by atoms with Gasteiger partial charge in [-0.1, -0.05) is 12.1 Å². The molecule has 1 amide bonds. The number of anilines is 1. The second-order valence-corrected chi connectivity index (χ2v) is 5.64. The van der Waals surface area contributed by atoms with Crippen LogP contribution in [0.4, 0.5) is 5.82 Å². The molecular formula is C18H16N6O2. The first-order chi connectivity index (χ1) is 12.8. The van der Waals surface area contributed by atoms with Gasteiger partial charge in [-0.25, -0.2) is 15.0 Å². The molecule has 3 aromatic heterocycles. The molecule has 3 heterocycles. The van der Waals surface area contributed by atoms with Crippen molar-refractivity contribution in [2.24, 2.45) is 0 Å². The maximum atomic E-state index is 12.3. The van der Waals surface area contributed by atoms with Crippen molar-refractivity contribution in [3.63, 3.8) is 0 Å². The van der Waals surface area contributed by atoms with Gasteiger partial charge in [0.2, 0.25) is 0 Å². The highest BCUT2D eigenvalue weighted by Gasteiger charge is 2.08. The second kappa shape index (κ2) is 7.06. The Hall–Kier alpha value is -3.68. The number of furan rings is 1. The standard InChI is InChI=1S/C18H16N6O2/c25-18(20-9-14-5-2-6-26-14)13-4-1-3-12(7-13)8-19-16-15-17(22-10-21-15)24-11-23-16/h1-7,10-11H,8-9H2,(H,20,25)(H2,19,21,22,23,24). The van der Waals surface area contributed by atoms with Crippen LogP contribution in [-0.4, -0.2) is 25.8 Å². The predicted octanol–water partition coefficient (Wildman–Crippen LogP) is 2.49. The molecule has 0 unspecified atom stereocenters. The lowest BCUT2D eigenvalue weighted by atomic mass is 10.1. The lowest BCUT2D eigenvalue weighted by Gasteiger charge is -2.08. The van der Waals surface area contributed by atoms with Crippen molar-refractivity contribution in [1.82, 2.24) is 25.3 Å². The molecule has 4 aromatic rings. The first kappa shape index (κ1) is 15.8. The fourth-order valence-electron chi connectivity index (χ4n) is 2.59. The number of amides is 1. The van der Waals surface area contributed by atoms with E-state index in [0.717, 1.165) is 11.1 Å². The highest BCUT2D eigenvalue weighted by molar-refractivity contribution is 5.94. The van der Waals surface area contributed by atoms with E-state index in [4.69, 9.17) is 4.42 Å². The van der Waals surface area contributed by atoms with E-state index in [1.54, 1.807) is 24.7 Å². The second-order valence-electron chi connectivity index (χ2n) is 5.64. The number of nitrogens with one attached hydrogen (secondary N) is 3. The third-order valence-corrected chi connectivity index (χ3v) is 3.88. The van der Waals surface area contributed by atoms with Crippen molar-refractivity contribution in [1.29, 1.82) is 0 Å². The molecule has 0 fully saturated rings. The third kappa shape index (κ3) is 3.39. The summed E-state index contributed by atoms with van der Waals surface area (Å²) in [5.41, 5.74) is 2.90. The van der Waals surface area contributed by atoms with E-state index in [1.807, 2.05) is 24.3 Å². The number of rotatable bonds is 6. The van der Waals surface area contributed by atoms with Gasteiger partial charge in [0, 0.05) is 12.1 Å². The minimum Gasteiger partial charge on any atom is -0.467 e. The Morgan fingerprint density at radius 3 is 2.96 bits per heavy atom. The molecular weight excluding hydrogens is 332 g/mol.